The quantitative estimate of drug-likeness (QED) is 0.535. The van der Waals surface area contributed by atoms with Crippen molar-refractivity contribution >= 4 is 5.69 Å². The molecular formula is C14H22N2O4. The van der Waals surface area contributed by atoms with Gasteiger partial charge in [-0.3, -0.25) is 10.1 Å². The zero-order valence-corrected chi connectivity index (χ0v) is 11.9. The fourth-order valence-corrected chi connectivity index (χ4v) is 2.16. The maximum absolute atomic E-state index is 10.8. The number of benzene rings is 1. The lowest BCUT2D eigenvalue weighted by atomic mass is 10.0. The summed E-state index contributed by atoms with van der Waals surface area (Å²) in [6.45, 7) is 2.58. The minimum absolute atomic E-state index is 0.00148. The molecule has 2 unspecified atom stereocenters. The van der Waals surface area contributed by atoms with E-state index in [1.807, 2.05) is 13.0 Å². The van der Waals surface area contributed by atoms with Crippen molar-refractivity contribution in [2.24, 2.45) is 0 Å². The number of hydrogen-bond acceptors (Lipinski definition) is 5. The molecule has 0 aliphatic heterocycles. The lowest BCUT2D eigenvalue weighted by Gasteiger charge is -2.24. The van der Waals surface area contributed by atoms with Gasteiger partial charge in [-0.05, 0) is 18.4 Å². The molecule has 1 rings (SSSR count). The molecule has 6 heteroatoms. The second kappa shape index (κ2) is 8.63. The molecule has 0 spiro atoms. The van der Waals surface area contributed by atoms with Gasteiger partial charge in [-0.25, -0.2) is 0 Å². The van der Waals surface area contributed by atoms with Gasteiger partial charge in [0.2, 0.25) is 0 Å². The number of ether oxygens (including phenoxy) is 1. The predicted octanol–water partition coefficient (Wildman–Crippen LogP) is 2.03. The monoisotopic (exact) mass is 282 g/mol. The van der Waals surface area contributed by atoms with E-state index in [4.69, 9.17) is 9.84 Å². The molecular weight excluding hydrogens is 260 g/mol. The molecule has 2 N–H and O–H groups in total. The average molecular weight is 282 g/mol. The minimum atomic E-state index is -0.392. The molecule has 0 radical (unpaired) electrons. The first-order valence-electron chi connectivity index (χ1n) is 6.72. The maximum Gasteiger partial charge on any atom is 0.269 e. The van der Waals surface area contributed by atoms with Crippen molar-refractivity contribution < 1.29 is 14.8 Å². The van der Waals surface area contributed by atoms with E-state index in [2.05, 4.69) is 5.32 Å². The standard InChI is InChI=1S/C14H22N2O4/c1-3-14(15-12(7-8-17)10-20-2)11-5-4-6-13(9-11)16(18)19/h4-6,9,12,14-15,17H,3,7-8,10H2,1-2H3. The van der Waals surface area contributed by atoms with Crippen LogP contribution in [-0.4, -0.2) is 36.4 Å². The summed E-state index contributed by atoms with van der Waals surface area (Å²) >= 11 is 0. The number of methoxy groups -OCH3 is 1. The van der Waals surface area contributed by atoms with E-state index in [-0.39, 0.29) is 24.4 Å². The van der Waals surface area contributed by atoms with Crippen LogP contribution in [0.15, 0.2) is 24.3 Å². The first-order valence-corrected chi connectivity index (χ1v) is 6.72. The molecule has 1 aromatic rings. The zero-order chi connectivity index (χ0) is 15.0. The molecule has 0 heterocycles. The lowest BCUT2D eigenvalue weighted by Crippen LogP contribution is -2.36. The number of rotatable bonds is 9. The highest BCUT2D eigenvalue weighted by molar-refractivity contribution is 5.35. The topological polar surface area (TPSA) is 84.6 Å². The van der Waals surface area contributed by atoms with Gasteiger partial charge in [-0.1, -0.05) is 19.1 Å². The van der Waals surface area contributed by atoms with Crippen LogP contribution in [0.3, 0.4) is 0 Å². The fraction of sp³-hybridized carbons (Fsp3) is 0.571. The molecule has 1 aromatic carbocycles. The predicted molar refractivity (Wildman–Crippen MR) is 76.6 cm³/mol. The van der Waals surface area contributed by atoms with Crippen LogP contribution < -0.4 is 5.32 Å². The van der Waals surface area contributed by atoms with E-state index in [1.165, 1.54) is 6.07 Å². The summed E-state index contributed by atoms with van der Waals surface area (Å²) in [7, 11) is 1.61. The number of non-ortho nitro benzene ring substituents is 1. The van der Waals surface area contributed by atoms with Crippen molar-refractivity contribution in [3.63, 3.8) is 0 Å². The van der Waals surface area contributed by atoms with E-state index in [0.29, 0.717) is 13.0 Å². The number of hydrogen-bond donors (Lipinski definition) is 2. The summed E-state index contributed by atoms with van der Waals surface area (Å²) < 4.78 is 5.12. The molecule has 0 bridgehead atoms. The number of nitrogens with one attached hydrogen (secondary N) is 1. The van der Waals surface area contributed by atoms with Gasteiger partial charge >= 0.3 is 0 Å². The Bertz CT molecular complexity index is 419. The van der Waals surface area contributed by atoms with E-state index < -0.39 is 4.92 Å². The Balaban J connectivity index is 2.83. The summed E-state index contributed by atoms with van der Waals surface area (Å²) in [5.74, 6) is 0. The van der Waals surface area contributed by atoms with E-state index in [1.54, 1.807) is 19.2 Å². The van der Waals surface area contributed by atoms with E-state index in [0.717, 1.165) is 12.0 Å². The third-order valence-electron chi connectivity index (χ3n) is 3.17. The van der Waals surface area contributed by atoms with Gasteiger partial charge in [0.1, 0.15) is 0 Å². The average Bonchev–Trinajstić information content (AvgIpc) is 2.45. The van der Waals surface area contributed by atoms with Gasteiger partial charge in [-0.15, -0.1) is 0 Å². The molecule has 0 fully saturated rings. The van der Waals surface area contributed by atoms with Gasteiger partial charge in [-0.2, -0.15) is 0 Å². The van der Waals surface area contributed by atoms with Crippen LogP contribution in [0.25, 0.3) is 0 Å². The Morgan fingerprint density at radius 2 is 2.25 bits per heavy atom. The zero-order valence-electron chi connectivity index (χ0n) is 11.9. The molecule has 2 atom stereocenters. The molecule has 0 amide bonds. The molecule has 6 nitrogen and oxygen atoms in total. The van der Waals surface area contributed by atoms with E-state index in [9.17, 15) is 10.1 Å². The molecule has 112 valence electrons. The van der Waals surface area contributed by atoms with E-state index >= 15 is 0 Å². The van der Waals surface area contributed by atoms with Crippen LogP contribution in [0.5, 0.6) is 0 Å². The summed E-state index contributed by atoms with van der Waals surface area (Å²) in [4.78, 5) is 10.4. The van der Waals surface area contributed by atoms with Gasteiger partial charge in [0.25, 0.3) is 5.69 Å². The van der Waals surface area contributed by atoms with Gasteiger partial charge in [0.05, 0.1) is 11.5 Å². The molecule has 0 saturated carbocycles. The highest BCUT2D eigenvalue weighted by atomic mass is 16.6. The van der Waals surface area contributed by atoms with Crippen molar-refractivity contribution in [1.29, 1.82) is 0 Å². The first kappa shape index (κ1) is 16.6. The molecule has 20 heavy (non-hydrogen) atoms. The van der Waals surface area contributed by atoms with Crippen molar-refractivity contribution in [2.75, 3.05) is 20.3 Å². The highest BCUT2D eigenvalue weighted by Gasteiger charge is 2.17. The summed E-state index contributed by atoms with van der Waals surface area (Å²) in [5, 5.41) is 23.3. The molecule has 0 saturated heterocycles. The number of nitro benzene ring substituents is 1. The summed E-state index contributed by atoms with van der Waals surface area (Å²) in [6, 6.07) is 6.66. The molecule has 0 aromatic heterocycles. The van der Waals surface area contributed by atoms with Crippen molar-refractivity contribution in [3.05, 3.63) is 39.9 Å². The highest BCUT2D eigenvalue weighted by Crippen LogP contribution is 2.22. The Kier molecular flexibility index (Phi) is 7.14. The second-order valence-corrected chi connectivity index (χ2v) is 4.64. The van der Waals surface area contributed by atoms with Crippen LogP contribution in [0.1, 0.15) is 31.4 Å². The van der Waals surface area contributed by atoms with Crippen LogP contribution >= 0.6 is 0 Å². The fourth-order valence-electron chi connectivity index (χ4n) is 2.16. The van der Waals surface area contributed by atoms with Crippen molar-refractivity contribution in [1.82, 2.24) is 5.32 Å². The van der Waals surface area contributed by atoms with Crippen LogP contribution in [-0.2, 0) is 4.74 Å². The third kappa shape index (κ3) is 4.88. The van der Waals surface area contributed by atoms with Crippen LogP contribution in [0.2, 0.25) is 0 Å². The number of nitrogens with zero attached hydrogens (tertiary/aromatic N) is 1. The third-order valence-corrected chi connectivity index (χ3v) is 3.17. The number of nitro groups is 1. The SMILES string of the molecule is CCC(NC(CCO)COC)c1cccc([N+](=O)[O-])c1. The largest absolute Gasteiger partial charge is 0.396 e. The Morgan fingerprint density at radius 3 is 2.80 bits per heavy atom. The van der Waals surface area contributed by atoms with Crippen molar-refractivity contribution in [3.8, 4) is 0 Å². The minimum Gasteiger partial charge on any atom is -0.396 e. The molecule has 0 aliphatic carbocycles. The Morgan fingerprint density at radius 1 is 1.50 bits per heavy atom. The number of aliphatic hydroxyl groups is 1. The van der Waals surface area contributed by atoms with Crippen LogP contribution in [0.4, 0.5) is 5.69 Å². The lowest BCUT2D eigenvalue weighted by molar-refractivity contribution is -0.384. The molecule has 0 aliphatic rings. The van der Waals surface area contributed by atoms with Gasteiger partial charge in [0, 0.05) is 37.9 Å². The van der Waals surface area contributed by atoms with Crippen LogP contribution in [0, 0.1) is 10.1 Å². The first-order chi connectivity index (χ1) is 9.62. The maximum atomic E-state index is 10.8. The number of aliphatic hydroxyl groups excluding tert-OH is 1. The van der Waals surface area contributed by atoms with Crippen molar-refractivity contribution in [2.45, 2.75) is 31.8 Å². The summed E-state index contributed by atoms with van der Waals surface area (Å²) in [5.41, 5.74) is 0.967. The van der Waals surface area contributed by atoms with Gasteiger partial charge < -0.3 is 15.2 Å². The second-order valence-electron chi connectivity index (χ2n) is 4.64. The van der Waals surface area contributed by atoms with Gasteiger partial charge in [0.15, 0.2) is 0 Å². The summed E-state index contributed by atoms with van der Waals surface area (Å²) in [6.07, 6.45) is 1.38. The Hall–Kier alpha value is -1.50. The normalized spacial score (nSPS) is 13.9. The Labute approximate surface area is 118 Å². The smallest absolute Gasteiger partial charge is 0.269 e.